The fourth-order valence-corrected chi connectivity index (χ4v) is 4.58. The lowest BCUT2D eigenvalue weighted by Gasteiger charge is -2.12. The minimum atomic E-state index is -4.73. The van der Waals surface area contributed by atoms with Gasteiger partial charge in [0.05, 0.1) is 11.4 Å². The standard InChI is InChI=1S/C21H20F3N7O2S/c1-4-30-8-13(11(3)29-30)12-7-14(21(22,23)24)27-20-16(12)17(18(34-20)19(25)33)28-15(32)9-31-10(2)5-6-26-31/h5-8H,4,9H2,1-3H3,(H2,25,33)(H,28,32). The van der Waals surface area contributed by atoms with Crippen molar-refractivity contribution in [3.8, 4) is 11.1 Å². The fourth-order valence-electron chi connectivity index (χ4n) is 3.57. The van der Waals surface area contributed by atoms with Gasteiger partial charge in [-0.25, -0.2) is 4.98 Å². The maximum Gasteiger partial charge on any atom is 0.433 e. The molecule has 4 aromatic heterocycles. The van der Waals surface area contributed by atoms with Crippen LogP contribution < -0.4 is 11.1 Å². The van der Waals surface area contributed by atoms with Crippen molar-refractivity contribution in [2.75, 3.05) is 5.32 Å². The number of nitrogens with one attached hydrogen (secondary N) is 1. The second-order valence-corrected chi connectivity index (χ2v) is 8.56. The number of amides is 2. The van der Waals surface area contributed by atoms with E-state index < -0.39 is 23.7 Å². The maximum atomic E-state index is 13.7. The molecule has 0 aromatic carbocycles. The van der Waals surface area contributed by atoms with Gasteiger partial charge in [0.15, 0.2) is 0 Å². The molecule has 0 aliphatic rings. The monoisotopic (exact) mass is 491 g/mol. The van der Waals surface area contributed by atoms with Gasteiger partial charge in [-0.15, -0.1) is 11.3 Å². The molecule has 2 amide bonds. The van der Waals surface area contributed by atoms with Crippen molar-refractivity contribution in [3.05, 3.63) is 46.5 Å². The van der Waals surface area contributed by atoms with E-state index in [0.29, 0.717) is 29.1 Å². The van der Waals surface area contributed by atoms with Crippen molar-refractivity contribution in [1.29, 1.82) is 0 Å². The van der Waals surface area contributed by atoms with Gasteiger partial charge >= 0.3 is 6.18 Å². The van der Waals surface area contributed by atoms with Crippen molar-refractivity contribution in [1.82, 2.24) is 24.5 Å². The number of aryl methyl sites for hydroxylation is 3. The molecule has 9 nitrogen and oxygen atoms in total. The second-order valence-electron chi connectivity index (χ2n) is 7.57. The third-order valence-corrected chi connectivity index (χ3v) is 6.32. The van der Waals surface area contributed by atoms with Crippen LogP contribution in [0.5, 0.6) is 0 Å². The number of carbonyl (C=O) groups is 2. The Balaban J connectivity index is 1.94. The molecule has 34 heavy (non-hydrogen) atoms. The number of primary amides is 1. The number of nitrogens with two attached hydrogens (primary N) is 1. The highest BCUT2D eigenvalue weighted by atomic mass is 32.1. The van der Waals surface area contributed by atoms with E-state index in [9.17, 15) is 22.8 Å². The van der Waals surface area contributed by atoms with E-state index in [1.807, 2.05) is 6.92 Å². The highest BCUT2D eigenvalue weighted by Gasteiger charge is 2.35. The molecule has 4 aromatic rings. The Morgan fingerprint density at radius 3 is 2.53 bits per heavy atom. The van der Waals surface area contributed by atoms with Crippen LogP contribution in [0.1, 0.15) is 33.7 Å². The minimum absolute atomic E-state index is 0.0159. The third kappa shape index (κ3) is 4.25. The predicted molar refractivity (Wildman–Crippen MR) is 120 cm³/mol. The number of carbonyl (C=O) groups excluding carboxylic acids is 2. The summed E-state index contributed by atoms with van der Waals surface area (Å²) in [5.74, 6) is -1.42. The number of aromatic nitrogens is 5. The summed E-state index contributed by atoms with van der Waals surface area (Å²) in [5.41, 5.74) is 6.20. The lowest BCUT2D eigenvalue weighted by Crippen LogP contribution is -2.22. The number of alkyl halides is 3. The second kappa shape index (κ2) is 8.56. The van der Waals surface area contributed by atoms with Crippen molar-refractivity contribution in [2.24, 2.45) is 5.73 Å². The summed E-state index contributed by atoms with van der Waals surface area (Å²) in [5, 5.41) is 11.2. The Morgan fingerprint density at radius 1 is 1.24 bits per heavy atom. The summed E-state index contributed by atoms with van der Waals surface area (Å²) in [6, 6.07) is 2.62. The molecule has 0 saturated carbocycles. The van der Waals surface area contributed by atoms with Crippen LogP contribution in [-0.2, 0) is 24.1 Å². The third-order valence-electron chi connectivity index (χ3n) is 5.22. The molecule has 0 bridgehead atoms. The summed E-state index contributed by atoms with van der Waals surface area (Å²) in [6.07, 6.45) is -1.58. The predicted octanol–water partition coefficient (Wildman–Crippen LogP) is 3.75. The molecular weight excluding hydrogens is 471 g/mol. The normalized spacial score (nSPS) is 11.8. The van der Waals surface area contributed by atoms with Gasteiger partial charge in [-0.2, -0.15) is 23.4 Å². The van der Waals surface area contributed by atoms with Crippen LogP contribution in [0.3, 0.4) is 0 Å². The summed E-state index contributed by atoms with van der Waals surface area (Å²) >= 11 is 0.693. The lowest BCUT2D eigenvalue weighted by molar-refractivity contribution is -0.140. The number of fused-ring (bicyclic) bond motifs is 1. The van der Waals surface area contributed by atoms with Crippen LogP contribution >= 0.6 is 11.3 Å². The average Bonchev–Trinajstić information content (AvgIpc) is 3.44. The van der Waals surface area contributed by atoms with E-state index in [2.05, 4.69) is 20.5 Å². The Morgan fingerprint density at radius 2 is 1.97 bits per heavy atom. The molecule has 0 radical (unpaired) electrons. The van der Waals surface area contributed by atoms with Crippen molar-refractivity contribution in [2.45, 2.75) is 40.0 Å². The molecule has 0 spiro atoms. The molecule has 13 heteroatoms. The van der Waals surface area contributed by atoms with Crippen molar-refractivity contribution >= 4 is 39.1 Å². The zero-order chi connectivity index (χ0) is 24.8. The van der Waals surface area contributed by atoms with Crippen molar-refractivity contribution in [3.63, 3.8) is 0 Å². The summed E-state index contributed by atoms with van der Waals surface area (Å²) in [6.45, 7) is 5.62. The van der Waals surface area contributed by atoms with Crippen LogP contribution in [0, 0.1) is 13.8 Å². The zero-order valence-electron chi connectivity index (χ0n) is 18.4. The topological polar surface area (TPSA) is 121 Å². The maximum absolute atomic E-state index is 13.7. The van der Waals surface area contributed by atoms with Gasteiger partial charge in [-0.1, -0.05) is 0 Å². The first-order chi connectivity index (χ1) is 16.0. The van der Waals surface area contributed by atoms with E-state index in [1.54, 1.807) is 30.8 Å². The lowest BCUT2D eigenvalue weighted by atomic mass is 10.0. The van der Waals surface area contributed by atoms with E-state index in [-0.39, 0.29) is 32.9 Å². The molecule has 0 aliphatic heterocycles. The van der Waals surface area contributed by atoms with Crippen LogP contribution in [0.2, 0.25) is 0 Å². The quantitative estimate of drug-likeness (QED) is 0.426. The van der Waals surface area contributed by atoms with E-state index in [0.717, 1.165) is 11.8 Å². The summed E-state index contributed by atoms with van der Waals surface area (Å²) in [7, 11) is 0. The number of hydrogen-bond acceptors (Lipinski definition) is 6. The molecule has 3 N–H and O–H groups in total. The number of anilines is 1. The highest BCUT2D eigenvalue weighted by molar-refractivity contribution is 7.21. The van der Waals surface area contributed by atoms with Crippen molar-refractivity contribution < 1.29 is 22.8 Å². The van der Waals surface area contributed by atoms with Gasteiger partial charge in [0, 0.05) is 35.6 Å². The van der Waals surface area contributed by atoms with Gasteiger partial charge in [-0.05, 0) is 38.5 Å². The largest absolute Gasteiger partial charge is 0.433 e. The Bertz CT molecular complexity index is 1420. The number of rotatable bonds is 6. The smallest absolute Gasteiger partial charge is 0.365 e. The zero-order valence-corrected chi connectivity index (χ0v) is 19.2. The minimum Gasteiger partial charge on any atom is -0.365 e. The number of thiophene rings is 1. The molecule has 0 saturated heterocycles. The van der Waals surface area contributed by atoms with Crippen LogP contribution in [0.15, 0.2) is 24.5 Å². The van der Waals surface area contributed by atoms with Crippen LogP contribution in [0.4, 0.5) is 18.9 Å². The Labute approximate surface area is 195 Å². The molecule has 0 atom stereocenters. The van der Waals surface area contributed by atoms with Crippen LogP contribution in [-0.4, -0.2) is 36.4 Å². The SMILES string of the molecule is CCn1cc(-c2cc(C(F)(F)F)nc3sc(C(N)=O)c(NC(=O)Cn4nccc4C)c23)c(C)n1. The van der Waals surface area contributed by atoms with E-state index in [1.165, 1.54) is 10.9 Å². The van der Waals surface area contributed by atoms with E-state index in [4.69, 9.17) is 5.73 Å². The fraction of sp³-hybridized carbons (Fsp3) is 0.286. The molecule has 4 rings (SSSR count). The van der Waals surface area contributed by atoms with Gasteiger partial charge in [0.2, 0.25) is 5.91 Å². The van der Waals surface area contributed by atoms with Gasteiger partial charge in [0.1, 0.15) is 21.9 Å². The Kier molecular flexibility index (Phi) is 5.89. The van der Waals surface area contributed by atoms with Gasteiger partial charge in [-0.3, -0.25) is 19.0 Å². The molecule has 0 fully saturated rings. The first-order valence-corrected chi connectivity index (χ1v) is 11.0. The number of nitrogens with zero attached hydrogens (tertiary/aromatic N) is 5. The molecule has 178 valence electrons. The molecule has 0 aliphatic carbocycles. The number of hydrogen-bond donors (Lipinski definition) is 2. The van der Waals surface area contributed by atoms with E-state index >= 15 is 0 Å². The number of pyridine rings is 1. The molecule has 4 heterocycles. The summed E-state index contributed by atoms with van der Waals surface area (Å²) < 4.78 is 44.0. The number of halogens is 3. The first-order valence-electron chi connectivity index (χ1n) is 10.2. The van der Waals surface area contributed by atoms with Gasteiger partial charge in [0.25, 0.3) is 5.91 Å². The van der Waals surface area contributed by atoms with Crippen LogP contribution in [0.25, 0.3) is 21.3 Å². The highest BCUT2D eigenvalue weighted by Crippen LogP contribution is 2.44. The summed E-state index contributed by atoms with van der Waals surface area (Å²) in [4.78, 5) is 28.6. The average molecular weight is 491 g/mol. The molecule has 0 unspecified atom stereocenters. The van der Waals surface area contributed by atoms with Gasteiger partial charge < -0.3 is 11.1 Å². The molecular formula is C21H20F3N7O2S. The first kappa shape index (κ1) is 23.4. The Hall–Kier alpha value is -3.74.